The monoisotopic (exact) mass is 217 g/mol. The number of aromatic nitrogens is 3. The Morgan fingerprint density at radius 1 is 1.38 bits per heavy atom. The summed E-state index contributed by atoms with van der Waals surface area (Å²) in [6, 6.07) is 9.44. The van der Waals surface area contributed by atoms with E-state index in [9.17, 15) is 4.79 Å². The van der Waals surface area contributed by atoms with Crippen LogP contribution in [0.1, 0.15) is 29.0 Å². The minimum atomic E-state index is -1.02. The van der Waals surface area contributed by atoms with Gasteiger partial charge in [-0.25, -0.2) is 9.48 Å². The smallest absolute Gasteiger partial charge is 0.355 e. The average molecular weight is 217 g/mol. The van der Waals surface area contributed by atoms with Gasteiger partial charge in [0.15, 0.2) is 5.69 Å². The Morgan fingerprint density at radius 3 is 2.69 bits per heavy atom. The maximum Gasteiger partial charge on any atom is 0.355 e. The minimum absolute atomic E-state index is 0.0938. The second-order valence-electron chi connectivity index (χ2n) is 3.46. The molecule has 1 unspecified atom stereocenters. The second-order valence-corrected chi connectivity index (χ2v) is 3.46. The molecule has 16 heavy (non-hydrogen) atoms. The first-order valence-corrected chi connectivity index (χ1v) is 4.88. The topological polar surface area (TPSA) is 68.0 Å². The van der Waals surface area contributed by atoms with Crippen molar-refractivity contribution in [3.05, 3.63) is 47.8 Å². The number of hydrogen-bond donors (Lipinski definition) is 1. The molecule has 2 rings (SSSR count). The molecule has 2 aromatic rings. The number of carboxylic acids is 1. The van der Waals surface area contributed by atoms with E-state index in [0.717, 1.165) is 5.56 Å². The quantitative estimate of drug-likeness (QED) is 0.847. The summed E-state index contributed by atoms with van der Waals surface area (Å²) in [4.78, 5) is 10.9. The maximum atomic E-state index is 10.9. The molecule has 5 heteroatoms. The van der Waals surface area contributed by atoms with Crippen molar-refractivity contribution in [2.45, 2.75) is 13.0 Å². The molecule has 0 aliphatic rings. The largest absolute Gasteiger partial charge is 0.476 e. The molecule has 1 atom stereocenters. The maximum absolute atomic E-state index is 10.9. The Labute approximate surface area is 92.3 Å². The van der Waals surface area contributed by atoms with Gasteiger partial charge in [-0.05, 0) is 12.5 Å². The highest BCUT2D eigenvalue weighted by Gasteiger charge is 2.17. The lowest BCUT2D eigenvalue weighted by Crippen LogP contribution is -2.15. The number of benzene rings is 1. The molecular formula is C11H11N3O2. The molecule has 82 valence electrons. The third-order valence-electron chi connectivity index (χ3n) is 2.44. The first-order valence-electron chi connectivity index (χ1n) is 4.88. The van der Waals surface area contributed by atoms with Crippen LogP contribution in [0.15, 0.2) is 36.5 Å². The molecule has 1 N–H and O–H groups in total. The van der Waals surface area contributed by atoms with Crippen LogP contribution in [0, 0.1) is 0 Å². The second kappa shape index (κ2) is 4.14. The Bertz CT molecular complexity index is 493. The fraction of sp³-hybridized carbons (Fsp3) is 0.182. The number of hydrogen-bond acceptors (Lipinski definition) is 3. The van der Waals surface area contributed by atoms with Crippen molar-refractivity contribution in [3.63, 3.8) is 0 Å². The summed E-state index contributed by atoms with van der Waals surface area (Å²) in [6.07, 6.45) is 1.25. The van der Waals surface area contributed by atoms with Gasteiger partial charge in [0, 0.05) is 0 Å². The van der Waals surface area contributed by atoms with Gasteiger partial charge < -0.3 is 5.11 Å². The summed E-state index contributed by atoms with van der Waals surface area (Å²) >= 11 is 0. The van der Waals surface area contributed by atoms with Gasteiger partial charge in [0.2, 0.25) is 0 Å². The minimum Gasteiger partial charge on any atom is -0.476 e. The number of carbonyl (C=O) groups is 1. The van der Waals surface area contributed by atoms with Gasteiger partial charge in [-0.1, -0.05) is 35.5 Å². The van der Waals surface area contributed by atoms with Crippen LogP contribution in [0.4, 0.5) is 0 Å². The predicted octanol–water partition coefficient (Wildman–Crippen LogP) is 1.59. The van der Waals surface area contributed by atoms with E-state index in [1.54, 1.807) is 0 Å². The molecule has 0 spiro atoms. The zero-order chi connectivity index (χ0) is 11.5. The SMILES string of the molecule is CC(c1ccccc1)n1nncc1C(=O)O. The van der Waals surface area contributed by atoms with Gasteiger partial charge in [-0.3, -0.25) is 0 Å². The molecule has 1 heterocycles. The highest BCUT2D eigenvalue weighted by atomic mass is 16.4. The molecule has 0 amide bonds. The Hall–Kier alpha value is -2.17. The summed E-state index contributed by atoms with van der Waals surface area (Å²) < 4.78 is 1.40. The molecule has 0 aliphatic carbocycles. The Morgan fingerprint density at radius 2 is 2.06 bits per heavy atom. The lowest BCUT2D eigenvalue weighted by Gasteiger charge is -2.12. The van der Waals surface area contributed by atoms with Crippen molar-refractivity contribution in [3.8, 4) is 0 Å². The van der Waals surface area contributed by atoms with Crippen LogP contribution in [-0.2, 0) is 0 Å². The van der Waals surface area contributed by atoms with Crippen LogP contribution in [0.3, 0.4) is 0 Å². The number of carboxylic acid groups (broad SMARTS) is 1. The molecule has 5 nitrogen and oxygen atoms in total. The third-order valence-corrected chi connectivity index (χ3v) is 2.44. The summed E-state index contributed by atoms with van der Waals surface area (Å²) in [5.74, 6) is -1.02. The van der Waals surface area contributed by atoms with E-state index in [1.165, 1.54) is 10.9 Å². The third kappa shape index (κ3) is 1.79. The van der Waals surface area contributed by atoms with E-state index < -0.39 is 5.97 Å². The lowest BCUT2D eigenvalue weighted by atomic mass is 10.1. The van der Waals surface area contributed by atoms with Crippen molar-refractivity contribution in [1.82, 2.24) is 15.0 Å². The van der Waals surface area contributed by atoms with Gasteiger partial charge in [-0.15, -0.1) is 5.10 Å². The molecule has 0 radical (unpaired) electrons. The van der Waals surface area contributed by atoms with E-state index in [4.69, 9.17) is 5.11 Å². The van der Waals surface area contributed by atoms with Gasteiger partial charge in [0.25, 0.3) is 0 Å². The van der Waals surface area contributed by atoms with E-state index in [0.29, 0.717) is 0 Å². The number of aromatic carboxylic acids is 1. The average Bonchev–Trinajstić information content (AvgIpc) is 2.78. The Kier molecular flexibility index (Phi) is 2.68. The fourth-order valence-electron chi connectivity index (χ4n) is 1.56. The number of rotatable bonds is 3. The molecule has 0 aliphatic heterocycles. The van der Waals surface area contributed by atoms with Crippen LogP contribution in [0.25, 0.3) is 0 Å². The molecule has 0 bridgehead atoms. The van der Waals surface area contributed by atoms with Crippen molar-refractivity contribution in [1.29, 1.82) is 0 Å². The predicted molar refractivity (Wildman–Crippen MR) is 57.2 cm³/mol. The van der Waals surface area contributed by atoms with Crippen molar-refractivity contribution in [2.75, 3.05) is 0 Å². The first kappa shape index (κ1) is 10.4. The molecule has 1 aromatic carbocycles. The fourth-order valence-corrected chi connectivity index (χ4v) is 1.56. The molecule has 1 aromatic heterocycles. The highest BCUT2D eigenvalue weighted by Crippen LogP contribution is 2.17. The van der Waals surface area contributed by atoms with Crippen LogP contribution >= 0.6 is 0 Å². The molecule has 0 fully saturated rings. The van der Waals surface area contributed by atoms with E-state index in [2.05, 4.69) is 10.3 Å². The van der Waals surface area contributed by atoms with E-state index in [-0.39, 0.29) is 11.7 Å². The van der Waals surface area contributed by atoms with Gasteiger partial charge in [0.05, 0.1) is 12.2 Å². The molecule has 0 saturated carbocycles. The molecule has 0 saturated heterocycles. The highest BCUT2D eigenvalue weighted by molar-refractivity contribution is 5.85. The van der Waals surface area contributed by atoms with Gasteiger partial charge in [-0.2, -0.15) is 0 Å². The van der Waals surface area contributed by atoms with Gasteiger partial charge >= 0.3 is 5.97 Å². The van der Waals surface area contributed by atoms with Gasteiger partial charge in [0.1, 0.15) is 0 Å². The van der Waals surface area contributed by atoms with Crippen LogP contribution in [0.2, 0.25) is 0 Å². The van der Waals surface area contributed by atoms with Crippen LogP contribution < -0.4 is 0 Å². The van der Waals surface area contributed by atoms with Crippen molar-refractivity contribution >= 4 is 5.97 Å². The Balaban J connectivity index is 2.38. The zero-order valence-corrected chi connectivity index (χ0v) is 8.74. The van der Waals surface area contributed by atoms with E-state index >= 15 is 0 Å². The van der Waals surface area contributed by atoms with Crippen molar-refractivity contribution in [2.24, 2.45) is 0 Å². The number of nitrogens with zero attached hydrogens (tertiary/aromatic N) is 3. The summed E-state index contributed by atoms with van der Waals surface area (Å²) in [5.41, 5.74) is 1.09. The summed E-state index contributed by atoms with van der Waals surface area (Å²) in [7, 11) is 0. The zero-order valence-electron chi connectivity index (χ0n) is 8.74. The van der Waals surface area contributed by atoms with E-state index in [1.807, 2.05) is 37.3 Å². The summed E-state index contributed by atoms with van der Waals surface area (Å²) in [6.45, 7) is 1.89. The normalized spacial score (nSPS) is 12.3. The first-order chi connectivity index (χ1) is 7.70. The summed E-state index contributed by atoms with van der Waals surface area (Å²) in [5, 5.41) is 16.4. The lowest BCUT2D eigenvalue weighted by molar-refractivity contribution is 0.0682. The standard InChI is InChI=1S/C11H11N3O2/c1-8(9-5-3-2-4-6-9)14-10(11(15)16)7-12-13-14/h2-8H,1H3,(H,15,16). The molecular weight excluding hydrogens is 206 g/mol. The van der Waals surface area contributed by atoms with Crippen LogP contribution in [-0.4, -0.2) is 26.1 Å². The van der Waals surface area contributed by atoms with Crippen LogP contribution in [0.5, 0.6) is 0 Å². The van der Waals surface area contributed by atoms with Crippen molar-refractivity contribution < 1.29 is 9.90 Å².